The van der Waals surface area contributed by atoms with E-state index in [-0.39, 0.29) is 11.4 Å². The summed E-state index contributed by atoms with van der Waals surface area (Å²) in [6.45, 7) is 0.230. The Bertz CT molecular complexity index is 1090. The Morgan fingerprint density at radius 3 is 2.13 bits per heavy atom. The van der Waals surface area contributed by atoms with Crippen LogP contribution < -0.4 is 15.4 Å². The van der Waals surface area contributed by atoms with Gasteiger partial charge in [0.05, 0.1) is 4.90 Å². The minimum Gasteiger partial charge on any atom is -0.465 e. The maximum atomic E-state index is 12.7. The topological polar surface area (TPSA) is 125 Å². The van der Waals surface area contributed by atoms with Gasteiger partial charge in [0.1, 0.15) is 0 Å². The Hall–Kier alpha value is -3.07. The summed E-state index contributed by atoms with van der Waals surface area (Å²) in [5.74, 6) is 0. The molecule has 0 fully saturated rings. The van der Waals surface area contributed by atoms with Crippen LogP contribution in [0.2, 0.25) is 0 Å². The summed E-state index contributed by atoms with van der Waals surface area (Å²) < 4.78 is 27.4. The lowest BCUT2D eigenvalue weighted by atomic mass is 9.99. The van der Waals surface area contributed by atoms with Gasteiger partial charge in [0.25, 0.3) is 10.0 Å². The molecule has 164 valence electrons. The summed E-state index contributed by atoms with van der Waals surface area (Å²) in [5.41, 5.74) is 6.35. The third-order valence-corrected chi connectivity index (χ3v) is 7.21. The number of amides is 3. The maximum absolute atomic E-state index is 12.7. The van der Waals surface area contributed by atoms with Crippen LogP contribution in [-0.2, 0) is 42.1 Å². The number of aryl methyl sites for hydroxylation is 2. The van der Waals surface area contributed by atoms with Crippen LogP contribution in [0.5, 0.6) is 0 Å². The fraction of sp³-hybridized carbons (Fsp3) is 0.364. The van der Waals surface area contributed by atoms with E-state index in [0.29, 0.717) is 6.42 Å². The summed E-state index contributed by atoms with van der Waals surface area (Å²) in [4.78, 5) is 23.1. The van der Waals surface area contributed by atoms with Gasteiger partial charge in [-0.25, -0.2) is 22.7 Å². The zero-order valence-corrected chi connectivity index (χ0v) is 17.8. The smallest absolute Gasteiger partial charge is 0.404 e. The quantitative estimate of drug-likeness (QED) is 0.546. The summed E-state index contributed by atoms with van der Waals surface area (Å²) in [5, 5.41) is 13.7. The maximum Gasteiger partial charge on any atom is 0.404 e. The number of nitrogens with one attached hydrogen (secondary N) is 3. The molecule has 2 aliphatic carbocycles. The highest BCUT2D eigenvalue weighted by molar-refractivity contribution is 7.90. The molecule has 31 heavy (non-hydrogen) atoms. The second kappa shape index (κ2) is 8.58. The van der Waals surface area contributed by atoms with Crippen LogP contribution in [-0.4, -0.2) is 32.2 Å². The van der Waals surface area contributed by atoms with Gasteiger partial charge >= 0.3 is 12.1 Å². The van der Waals surface area contributed by atoms with Crippen molar-refractivity contribution in [1.82, 2.24) is 10.0 Å². The third-order valence-electron chi connectivity index (χ3n) is 5.86. The monoisotopic (exact) mass is 443 g/mol. The predicted octanol–water partition coefficient (Wildman–Crippen LogP) is 2.98. The van der Waals surface area contributed by atoms with Crippen molar-refractivity contribution in [2.24, 2.45) is 0 Å². The van der Waals surface area contributed by atoms with E-state index in [9.17, 15) is 18.0 Å². The van der Waals surface area contributed by atoms with E-state index >= 15 is 0 Å². The molecule has 2 aromatic carbocycles. The van der Waals surface area contributed by atoms with Crippen LogP contribution in [0.25, 0.3) is 0 Å². The number of carbonyl (C=O) groups is 2. The number of rotatable bonds is 6. The minimum absolute atomic E-state index is 0.0267. The molecule has 9 heteroatoms. The number of hydrogen-bond acceptors (Lipinski definition) is 4. The SMILES string of the molecule is O=C(O)NCCc1ccc(S(=O)(=O)NC(=O)Nc2c3c(cc4c2CCC4)CCC3)cc1. The van der Waals surface area contributed by atoms with E-state index in [2.05, 4.69) is 21.4 Å². The van der Waals surface area contributed by atoms with Crippen LogP contribution in [0, 0.1) is 0 Å². The van der Waals surface area contributed by atoms with E-state index in [1.807, 2.05) is 0 Å². The molecule has 0 unspecified atom stereocenters. The van der Waals surface area contributed by atoms with Crippen LogP contribution in [0.3, 0.4) is 0 Å². The summed E-state index contributed by atoms with van der Waals surface area (Å²) in [6, 6.07) is 7.51. The zero-order valence-electron chi connectivity index (χ0n) is 17.0. The van der Waals surface area contributed by atoms with E-state index in [4.69, 9.17) is 5.11 Å². The first-order valence-electron chi connectivity index (χ1n) is 10.4. The van der Waals surface area contributed by atoms with Gasteiger partial charge < -0.3 is 15.7 Å². The van der Waals surface area contributed by atoms with Crippen molar-refractivity contribution in [3.63, 3.8) is 0 Å². The van der Waals surface area contributed by atoms with Crippen molar-refractivity contribution < 1.29 is 23.1 Å². The number of carbonyl (C=O) groups excluding carboxylic acids is 1. The lowest BCUT2D eigenvalue weighted by Gasteiger charge is -2.16. The van der Waals surface area contributed by atoms with Crippen LogP contribution >= 0.6 is 0 Å². The second-order valence-corrected chi connectivity index (χ2v) is 9.60. The first-order valence-corrected chi connectivity index (χ1v) is 11.9. The molecule has 3 amide bonds. The molecular weight excluding hydrogens is 418 g/mol. The molecule has 2 aromatic rings. The summed E-state index contributed by atoms with van der Waals surface area (Å²) in [6.07, 6.45) is 5.18. The number of carboxylic acid groups (broad SMARTS) is 1. The normalized spacial score (nSPS) is 14.6. The standard InChI is InChI=1S/C22H25N3O5S/c26-21(24-20-18-5-1-3-15(18)13-16-4-2-6-19(16)20)25-31(29,30)17-9-7-14(8-10-17)11-12-23-22(27)28/h7-10,13,23H,1-6,11-12H2,(H,27,28)(H2,24,25,26). The summed E-state index contributed by atoms with van der Waals surface area (Å²) in [7, 11) is -4.03. The molecule has 0 saturated heterocycles. The van der Waals surface area contributed by atoms with Gasteiger partial charge in [-0.1, -0.05) is 18.2 Å². The number of sulfonamides is 1. The summed E-state index contributed by atoms with van der Waals surface area (Å²) >= 11 is 0. The number of fused-ring (bicyclic) bond motifs is 2. The number of hydrogen-bond donors (Lipinski definition) is 4. The fourth-order valence-corrected chi connectivity index (χ4v) is 5.34. The van der Waals surface area contributed by atoms with Crippen molar-refractivity contribution in [2.45, 2.75) is 49.8 Å². The van der Waals surface area contributed by atoms with E-state index < -0.39 is 22.1 Å². The minimum atomic E-state index is -4.03. The second-order valence-electron chi connectivity index (χ2n) is 7.92. The van der Waals surface area contributed by atoms with Crippen molar-refractivity contribution in [3.8, 4) is 0 Å². The lowest BCUT2D eigenvalue weighted by molar-refractivity contribution is 0.194. The van der Waals surface area contributed by atoms with Crippen molar-refractivity contribution in [1.29, 1.82) is 0 Å². The number of anilines is 1. The Kier molecular flexibility index (Phi) is 5.86. The van der Waals surface area contributed by atoms with Gasteiger partial charge in [0.2, 0.25) is 0 Å². The van der Waals surface area contributed by atoms with Crippen molar-refractivity contribution in [2.75, 3.05) is 11.9 Å². The van der Waals surface area contributed by atoms with Crippen LogP contribution in [0.4, 0.5) is 15.3 Å². The van der Waals surface area contributed by atoms with Gasteiger partial charge in [-0.2, -0.15) is 0 Å². The molecule has 0 heterocycles. The van der Waals surface area contributed by atoms with Gasteiger partial charge in [0, 0.05) is 12.2 Å². The van der Waals surface area contributed by atoms with E-state index in [1.54, 1.807) is 12.1 Å². The zero-order chi connectivity index (χ0) is 22.0. The average Bonchev–Trinajstić information content (AvgIpc) is 3.37. The van der Waals surface area contributed by atoms with Gasteiger partial charge in [-0.05, 0) is 84.9 Å². The lowest BCUT2D eigenvalue weighted by Crippen LogP contribution is -2.35. The molecule has 0 saturated carbocycles. The van der Waals surface area contributed by atoms with Crippen molar-refractivity contribution >= 4 is 27.8 Å². The molecule has 4 N–H and O–H groups in total. The molecular formula is C22H25N3O5S. The number of benzene rings is 2. The van der Waals surface area contributed by atoms with Gasteiger partial charge in [-0.3, -0.25) is 0 Å². The molecule has 0 atom stereocenters. The Morgan fingerprint density at radius 1 is 0.935 bits per heavy atom. The molecule has 0 radical (unpaired) electrons. The fourth-order valence-electron chi connectivity index (χ4n) is 4.44. The Balaban J connectivity index is 1.45. The molecule has 2 aliphatic rings. The van der Waals surface area contributed by atoms with Gasteiger partial charge in [-0.15, -0.1) is 0 Å². The molecule has 0 bridgehead atoms. The van der Waals surface area contributed by atoms with Gasteiger partial charge in [0.15, 0.2) is 0 Å². The highest BCUT2D eigenvalue weighted by Gasteiger charge is 2.26. The Labute approximate surface area is 181 Å². The molecule has 0 aromatic heterocycles. The first kappa shape index (κ1) is 21.2. The molecule has 8 nitrogen and oxygen atoms in total. The molecule has 0 spiro atoms. The number of urea groups is 1. The van der Waals surface area contributed by atoms with E-state index in [1.165, 1.54) is 23.3 Å². The van der Waals surface area contributed by atoms with Crippen molar-refractivity contribution in [3.05, 3.63) is 58.1 Å². The first-order chi connectivity index (χ1) is 14.8. The highest BCUT2D eigenvalue weighted by atomic mass is 32.2. The predicted molar refractivity (Wildman–Crippen MR) is 116 cm³/mol. The van der Waals surface area contributed by atoms with E-state index in [0.717, 1.165) is 60.9 Å². The van der Waals surface area contributed by atoms with Crippen LogP contribution in [0.1, 0.15) is 40.7 Å². The highest BCUT2D eigenvalue weighted by Crippen LogP contribution is 2.38. The third kappa shape index (κ3) is 4.66. The van der Waals surface area contributed by atoms with Crippen LogP contribution in [0.15, 0.2) is 35.2 Å². The largest absolute Gasteiger partial charge is 0.465 e. The Morgan fingerprint density at radius 2 is 1.55 bits per heavy atom. The average molecular weight is 444 g/mol. The molecule has 0 aliphatic heterocycles. The molecule has 4 rings (SSSR count).